The summed E-state index contributed by atoms with van der Waals surface area (Å²) in [6, 6.07) is 0. The minimum Gasteiger partial charge on any atom is -0.237 e. The monoisotopic (exact) mass is 114 g/mol. The Morgan fingerprint density at radius 1 is 0.875 bits per heavy atom. The van der Waals surface area contributed by atoms with Gasteiger partial charge in [-0.2, -0.15) is 0 Å². The first-order chi connectivity index (χ1) is 3.91. The maximum absolute atomic E-state index is 11.1. The van der Waals surface area contributed by atoms with Crippen LogP contribution in [0.1, 0.15) is 0 Å². The Bertz CT molecular complexity index is 131. The van der Waals surface area contributed by atoms with Gasteiger partial charge in [-0.15, -0.1) is 0 Å². The lowest BCUT2D eigenvalue weighted by Gasteiger charge is -1.60. The van der Waals surface area contributed by atoms with E-state index in [2.05, 4.69) is 11.8 Å². The third-order valence-corrected chi connectivity index (χ3v) is 0.373. The van der Waals surface area contributed by atoms with Crippen molar-refractivity contribution < 1.29 is 8.78 Å². The molecular weight excluding hydrogens is 110 g/mol. The van der Waals surface area contributed by atoms with Crippen molar-refractivity contribution in [3.63, 3.8) is 0 Å². The van der Waals surface area contributed by atoms with E-state index in [0.29, 0.717) is 0 Å². The first-order valence-corrected chi connectivity index (χ1v) is 1.99. The average molecular weight is 114 g/mol. The zero-order valence-corrected chi connectivity index (χ0v) is 4.17. The van der Waals surface area contributed by atoms with Gasteiger partial charge >= 0.3 is 0 Å². The smallest absolute Gasteiger partial charge is 0.151 e. The third-order valence-electron chi connectivity index (χ3n) is 0.373. The fraction of sp³-hybridized carbons (Fsp3) is 0.333. The number of halogens is 2. The van der Waals surface area contributed by atoms with Crippen molar-refractivity contribution >= 4 is 0 Å². The fourth-order valence-corrected chi connectivity index (χ4v) is 0.155. The van der Waals surface area contributed by atoms with Gasteiger partial charge in [0.15, 0.2) is 13.3 Å². The summed E-state index contributed by atoms with van der Waals surface area (Å²) in [7, 11) is 0. The van der Waals surface area contributed by atoms with E-state index in [0.717, 1.165) is 0 Å². The molecule has 0 aliphatic carbocycles. The molecule has 0 atom stereocenters. The van der Waals surface area contributed by atoms with Crippen molar-refractivity contribution in [2.24, 2.45) is 0 Å². The summed E-state index contributed by atoms with van der Waals surface area (Å²) in [4.78, 5) is 0. The van der Waals surface area contributed by atoms with Crippen LogP contribution in [0.4, 0.5) is 8.78 Å². The van der Waals surface area contributed by atoms with Crippen molar-refractivity contribution in [2.75, 3.05) is 13.3 Å². The molecule has 0 aromatic carbocycles. The van der Waals surface area contributed by atoms with Crippen LogP contribution in [0, 0.1) is 23.7 Å². The van der Waals surface area contributed by atoms with Crippen LogP contribution in [0.15, 0.2) is 0 Å². The molecule has 0 heterocycles. The molecule has 0 saturated carbocycles. The van der Waals surface area contributed by atoms with Gasteiger partial charge in [-0.3, -0.25) is 0 Å². The maximum Gasteiger partial charge on any atom is 0.151 e. The fourth-order valence-electron chi connectivity index (χ4n) is 0.155. The van der Waals surface area contributed by atoms with E-state index in [1.807, 2.05) is 11.8 Å². The molecule has 0 aromatic heterocycles. The Morgan fingerprint density at radius 2 is 1.25 bits per heavy atom. The van der Waals surface area contributed by atoms with Gasteiger partial charge in [-0.25, -0.2) is 8.78 Å². The van der Waals surface area contributed by atoms with Crippen LogP contribution >= 0.6 is 0 Å². The van der Waals surface area contributed by atoms with Gasteiger partial charge in [0.2, 0.25) is 0 Å². The molecule has 0 saturated heterocycles. The average Bonchev–Trinajstić information content (AvgIpc) is 1.81. The summed E-state index contributed by atoms with van der Waals surface area (Å²) in [6.07, 6.45) is 0. The van der Waals surface area contributed by atoms with Gasteiger partial charge in [0.1, 0.15) is 0 Å². The lowest BCUT2D eigenvalue weighted by molar-refractivity contribution is 0.572. The molecule has 0 bridgehead atoms. The first-order valence-electron chi connectivity index (χ1n) is 1.99. The van der Waals surface area contributed by atoms with Crippen molar-refractivity contribution in [3.8, 4) is 23.7 Å². The highest BCUT2D eigenvalue weighted by Gasteiger charge is 1.60. The number of rotatable bonds is 0. The second kappa shape index (κ2) is 5.98. The molecular formula is C6H4F2. The van der Waals surface area contributed by atoms with Crippen LogP contribution in [-0.2, 0) is 0 Å². The topological polar surface area (TPSA) is 0 Å². The van der Waals surface area contributed by atoms with E-state index in [4.69, 9.17) is 0 Å². The summed E-state index contributed by atoms with van der Waals surface area (Å²) in [5.41, 5.74) is 0. The van der Waals surface area contributed by atoms with Gasteiger partial charge < -0.3 is 0 Å². The summed E-state index contributed by atoms with van der Waals surface area (Å²) in [5.74, 6) is 8.27. The Labute approximate surface area is 46.9 Å². The molecule has 2 heteroatoms. The van der Waals surface area contributed by atoms with E-state index >= 15 is 0 Å². The van der Waals surface area contributed by atoms with Crippen molar-refractivity contribution in [2.45, 2.75) is 0 Å². The molecule has 0 aliphatic rings. The minimum absolute atomic E-state index is 0.721. The summed E-state index contributed by atoms with van der Waals surface area (Å²) >= 11 is 0. The molecule has 0 amide bonds. The predicted octanol–water partition coefficient (Wildman–Crippen LogP) is 0.932. The number of alkyl halides is 2. The van der Waals surface area contributed by atoms with Crippen LogP contribution in [0.5, 0.6) is 0 Å². The number of hydrogen-bond acceptors (Lipinski definition) is 0. The number of hydrogen-bond donors (Lipinski definition) is 0. The maximum atomic E-state index is 11.1. The van der Waals surface area contributed by atoms with Crippen LogP contribution < -0.4 is 0 Å². The SMILES string of the molecule is FCC#CC#CCF. The molecule has 0 aromatic rings. The highest BCUT2D eigenvalue weighted by Crippen LogP contribution is 1.61. The van der Waals surface area contributed by atoms with Crippen LogP contribution in [-0.4, -0.2) is 13.3 Å². The summed E-state index contributed by atoms with van der Waals surface area (Å²) in [5, 5.41) is 0. The molecule has 0 nitrogen and oxygen atoms in total. The van der Waals surface area contributed by atoms with E-state index in [9.17, 15) is 8.78 Å². The Kier molecular flexibility index (Phi) is 5.22. The molecule has 0 N–H and O–H groups in total. The van der Waals surface area contributed by atoms with Gasteiger partial charge in [0, 0.05) is 0 Å². The summed E-state index contributed by atoms with van der Waals surface area (Å²) in [6.45, 7) is -1.44. The van der Waals surface area contributed by atoms with Crippen molar-refractivity contribution in [3.05, 3.63) is 0 Å². The molecule has 0 fully saturated rings. The predicted molar refractivity (Wildman–Crippen MR) is 27.5 cm³/mol. The van der Waals surface area contributed by atoms with Gasteiger partial charge in [0.25, 0.3) is 0 Å². The second-order valence-corrected chi connectivity index (χ2v) is 0.871. The standard InChI is InChI=1S/C6H4F2/c7-5-3-1-2-4-6-8/h5-6H2. The van der Waals surface area contributed by atoms with E-state index in [-0.39, 0.29) is 0 Å². The Hall–Kier alpha value is -1.02. The van der Waals surface area contributed by atoms with E-state index in [1.165, 1.54) is 0 Å². The highest BCUT2D eigenvalue weighted by molar-refractivity contribution is 5.25. The van der Waals surface area contributed by atoms with Crippen molar-refractivity contribution in [1.82, 2.24) is 0 Å². The largest absolute Gasteiger partial charge is 0.237 e. The zero-order chi connectivity index (χ0) is 6.24. The molecule has 42 valence electrons. The molecule has 0 radical (unpaired) electrons. The van der Waals surface area contributed by atoms with Gasteiger partial charge in [0.05, 0.1) is 0 Å². The van der Waals surface area contributed by atoms with Crippen molar-refractivity contribution in [1.29, 1.82) is 0 Å². The lowest BCUT2D eigenvalue weighted by atomic mass is 10.5. The molecule has 0 spiro atoms. The van der Waals surface area contributed by atoms with E-state index in [1.54, 1.807) is 0 Å². The third kappa shape index (κ3) is 4.98. The molecule has 0 aliphatic heterocycles. The molecule has 0 unspecified atom stereocenters. The Morgan fingerprint density at radius 3 is 1.50 bits per heavy atom. The molecule has 0 rings (SSSR count). The minimum atomic E-state index is -0.721. The molecule has 8 heavy (non-hydrogen) atoms. The van der Waals surface area contributed by atoms with Crippen LogP contribution in [0.3, 0.4) is 0 Å². The highest BCUT2D eigenvalue weighted by atomic mass is 19.1. The van der Waals surface area contributed by atoms with Gasteiger partial charge in [-0.05, 0) is 11.8 Å². The first kappa shape index (κ1) is 6.98. The quantitative estimate of drug-likeness (QED) is 0.411. The van der Waals surface area contributed by atoms with Crippen LogP contribution in [0.2, 0.25) is 0 Å². The van der Waals surface area contributed by atoms with Gasteiger partial charge in [-0.1, -0.05) is 11.8 Å². The zero-order valence-electron chi connectivity index (χ0n) is 4.17. The van der Waals surface area contributed by atoms with E-state index < -0.39 is 13.3 Å². The second-order valence-electron chi connectivity index (χ2n) is 0.871. The summed E-state index contributed by atoms with van der Waals surface area (Å²) < 4.78 is 22.2. The van der Waals surface area contributed by atoms with Crippen LogP contribution in [0.25, 0.3) is 0 Å². The lowest BCUT2D eigenvalue weighted by Crippen LogP contribution is -1.62. The Balaban J connectivity index is 3.40. The normalized spacial score (nSPS) is 5.75.